The number of thiophene rings is 1. The van der Waals surface area contributed by atoms with Crippen molar-refractivity contribution in [1.29, 1.82) is 0 Å². The van der Waals surface area contributed by atoms with E-state index in [-0.39, 0.29) is 0 Å². The van der Waals surface area contributed by atoms with Gasteiger partial charge in [0.05, 0.1) is 6.54 Å². The first-order valence-corrected chi connectivity index (χ1v) is 6.71. The fraction of sp³-hybridized carbons (Fsp3) is 0.500. The van der Waals surface area contributed by atoms with Crippen LogP contribution in [-0.4, -0.2) is 21.6 Å². The molecular weight excluding hydrogens is 234 g/mol. The maximum Gasteiger partial charge on any atom is 0.240 e. The maximum absolute atomic E-state index is 5.18. The van der Waals surface area contributed by atoms with Crippen LogP contribution in [0.15, 0.2) is 16.0 Å². The molecule has 3 heterocycles. The standard InChI is InChI=1S/C12H15N3OS/c1-8-10-4-6-17-11(10)3-5-15(8)7-12-13-9(2)14-16-12/h4,6,8H,3,5,7H2,1-2H3/t8-/m0/s1. The van der Waals surface area contributed by atoms with Gasteiger partial charge >= 0.3 is 0 Å². The molecule has 2 aromatic heterocycles. The predicted molar refractivity (Wildman–Crippen MR) is 65.9 cm³/mol. The minimum absolute atomic E-state index is 0.442. The molecule has 0 aromatic carbocycles. The van der Waals surface area contributed by atoms with Gasteiger partial charge in [-0.2, -0.15) is 4.98 Å². The zero-order chi connectivity index (χ0) is 11.8. The SMILES string of the molecule is Cc1noc(CN2CCc3sccc3[C@@H]2C)n1. The zero-order valence-electron chi connectivity index (χ0n) is 10.0. The average Bonchev–Trinajstić information content (AvgIpc) is 2.92. The van der Waals surface area contributed by atoms with Gasteiger partial charge in [0, 0.05) is 17.5 Å². The van der Waals surface area contributed by atoms with Crippen LogP contribution in [0.1, 0.15) is 35.1 Å². The Kier molecular flexibility index (Phi) is 2.72. The Balaban J connectivity index is 1.78. The molecule has 0 fully saturated rings. The van der Waals surface area contributed by atoms with Crippen LogP contribution < -0.4 is 0 Å². The van der Waals surface area contributed by atoms with E-state index in [1.54, 1.807) is 0 Å². The van der Waals surface area contributed by atoms with E-state index in [1.165, 1.54) is 10.4 Å². The van der Waals surface area contributed by atoms with Crippen LogP contribution in [0.4, 0.5) is 0 Å². The van der Waals surface area contributed by atoms with Crippen LogP contribution in [0.5, 0.6) is 0 Å². The normalized spacial score (nSPS) is 20.5. The number of nitrogens with zero attached hydrogens (tertiary/aromatic N) is 3. The van der Waals surface area contributed by atoms with Crippen molar-refractivity contribution < 1.29 is 4.52 Å². The number of aromatic nitrogens is 2. The van der Waals surface area contributed by atoms with E-state index < -0.39 is 0 Å². The monoisotopic (exact) mass is 249 g/mol. The van der Waals surface area contributed by atoms with Gasteiger partial charge in [0.2, 0.25) is 5.89 Å². The smallest absolute Gasteiger partial charge is 0.240 e. The summed E-state index contributed by atoms with van der Waals surface area (Å²) < 4.78 is 5.18. The van der Waals surface area contributed by atoms with Crippen LogP contribution in [-0.2, 0) is 13.0 Å². The van der Waals surface area contributed by atoms with Crippen molar-refractivity contribution in [1.82, 2.24) is 15.0 Å². The largest absolute Gasteiger partial charge is 0.338 e. The molecule has 1 aliphatic rings. The minimum Gasteiger partial charge on any atom is -0.338 e. The fourth-order valence-corrected chi connectivity index (χ4v) is 3.32. The minimum atomic E-state index is 0.442. The van der Waals surface area contributed by atoms with E-state index >= 15 is 0 Å². The lowest BCUT2D eigenvalue weighted by Gasteiger charge is -2.32. The van der Waals surface area contributed by atoms with E-state index in [0.717, 1.165) is 19.5 Å². The van der Waals surface area contributed by atoms with Crippen LogP contribution >= 0.6 is 11.3 Å². The lowest BCUT2D eigenvalue weighted by atomic mass is 10.0. The maximum atomic E-state index is 5.18. The van der Waals surface area contributed by atoms with Crippen molar-refractivity contribution >= 4 is 11.3 Å². The second-order valence-corrected chi connectivity index (χ2v) is 5.43. The second-order valence-electron chi connectivity index (χ2n) is 4.43. The van der Waals surface area contributed by atoms with Gasteiger partial charge < -0.3 is 4.52 Å². The molecule has 1 aliphatic heterocycles. The average molecular weight is 249 g/mol. The first kappa shape index (κ1) is 10.9. The van der Waals surface area contributed by atoms with Gasteiger partial charge in [-0.1, -0.05) is 5.16 Å². The van der Waals surface area contributed by atoms with Gasteiger partial charge in [0.25, 0.3) is 0 Å². The molecule has 0 unspecified atom stereocenters. The first-order valence-electron chi connectivity index (χ1n) is 5.83. The van der Waals surface area contributed by atoms with Crippen LogP contribution in [0, 0.1) is 6.92 Å². The van der Waals surface area contributed by atoms with Crippen molar-refractivity contribution in [3.8, 4) is 0 Å². The highest BCUT2D eigenvalue weighted by molar-refractivity contribution is 7.10. The summed E-state index contributed by atoms with van der Waals surface area (Å²) in [7, 11) is 0. The van der Waals surface area contributed by atoms with Crippen molar-refractivity contribution in [2.24, 2.45) is 0 Å². The fourth-order valence-electron chi connectivity index (χ4n) is 2.36. The molecule has 1 atom stereocenters. The molecule has 17 heavy (non-hydrogen) atoms. The number of hydrogen-bond acceptors (Lipinski definition) is 5. The van der Waals surface area contributed by atoms with Crippen molar-refractivity contribution in [2.75, 3.05) is 6.54 Å². The van der Waals surface area contributed by atoms with E-state index in [4.69, 9.17) is 4.52 Å². The summed E-state index contributed by atoms with van der Waals surface area (Å²) in [5.41, 5.74) is 1.46. The van der Waals surface area contributed by atoms with E-state index in [2.05, 4.69) is 33.4 Å². The summed E-state index contributed by atoms with van der Waals surface area (Å²) >= 11 is 1.86. The molecule has 2 aromatic rings. The van der Waals surface area contributed by atoms with E-state index in [0.29, 0.717) is 17.8 Å². The summed E-state index contributed by atoms with van der Waals surface area (Å²) in [6, 6.07) is 2.67. The Morgan fingerprint density at radius 3 is 3.24 bits per heavy atom. The highest BCUT2D eigenvalue weighted by Crippen LogP contribution is 2.33. The molecule has 0 bridgehead atoms. The number of hydrogen-bond donors (Lipinski definition) is 0. The summed E-state index contributed by atoms with van der Waals surface area (Å²) in [6.45, 7) is 5.91. The first-order chi connectivity index (χ1) is 8.24. The summed E-state index contributed by atoms with van der Waals surface area (Å²) in [5.74, 6) is 1.42. The molecule has 90 valence electrons. The quantitative estimate of drug-likeness (QED) is 0.820. The molecule has 0 spiro atoms. The lowest BCUT2D eigenvalue weighted by Crippen LogP contribution is -2.32. The Morgan fingerprint density at radius 1 is 1.59 bits per heavy atom. The highest BCUT2D eigenvalue weighted by atomic mass is 32.1. The van der Waals surface area contributed by atoms with Gasteiger partial charge in [-0.05, 0) is 37.3 Å². The number of aryl methyl sites for hydroxylation is 1. The van der Waals surface area contributed by atoms with Crippen molar-refractivity contribution in [3.63, 3.8) is 0 Å². The van der Waals surface area contributed by atoms with Crippen LogP contribution in [0.3, 0.4) is 0 Å². The number of rotatable bonds is 2. The highest BCUT2D eigenvalue weighted by Gasteiger charge is 2.25. The second kappa shape index (κ2) is 4.23. The molecular formula is C12H15N3OS. The lowest BCUT2D eigenvalue weighted by molar-refractivity contribution is 0.167. The molecule has 0 radical (unpaired) electrons. The summed E-state index contributed by atoms with van der Waals surface area (Å²) in [6.07, 6.45) is 1.13. The molecule has 4 nitrogen and oxygen atoms in total. The van der Waals surface area contributed by atoms with E-state index in [1.807, 2.05) is 18.3 Å². The molecule has 0 aliphatic carbocycles. The molecule has 0 N–H and O–H groups in total. The molecule has 0 amide bonds. The van der Waals surface area contributed by atoms with Gasteiger partial charge in [-0.3, -0.25) is 4.90 Å². The Bertz CT molecular complexity index is 519. The third-order valence-corrected chi connectivity index (χ3v) is 4.31. The summed E-state index contributed by atoms with van der Waals surface area (Å²) in [5, 5.41) is 6.01. The Hall–Kier alpha value is -1.20. The third kappa shape index (κ3) is 2.00. The van der Waals surface area contributed by atoms with Gasteiger partial charge in [0.15, 0.2) is 5.82 Å². The van der Waals surface area contributed by atoms with E-state index in [9.17, 15) is 0 Å². The van der Waals surface area contributed by atoms with Gasteiger partial charge in [-0.15, -0.1) is 11.3 Å². The Labute approximate surface area is 104 Å². The zero-order valence-corrected chi connectivity index (χ0v) is 10.8. The van der Waals surface area contributed by atoms with Crippen LogP contribution in [0.2, 0.25) is 0 Å². The van der Waals surface area contributed by atoms with Crippen LogP contribution in [0.25, 0.3) is 0 Å². The predicted octanol–water partition coefficient (Wildman–Crippen LogP) is 2.56. The molecule has 0 saturated heterocycles. The van der Waals surface area contributed by atoms with Gasteiger partial charge in [0.1, 0.15) is 0 Å². The summed E-state index contributed by atoms with van der Waals surface area (Å²) in [4.78, 5) is 8.18. The molecule has 5 heteroatoms. The third-order valence-electron chi connectivity index (χ3n) is 3.31. The Morgan fingerprint density at radius 2 is 2.47 bits per heavy atom. The number of fused-ring (bicyclic) bond motifs is 1. The van der Waals surface area contributed by atoms with Crippen molar-refractivity contribution in [3.05, 3.63) is 33.6 Å². The van der Waals surface area contributed by atoms with Gasteiger partial charge in [-0.25, -0.2) is 0 Å². The molecule has 3 rings (SSSR count). The topological polar surface area (TPSA) is 42.2 Å². The van der Waals surface area contributed by atoms with Crippen molar-refractivity contribution in [2.45, 2.75) is 32.9 Å². The molecule has 0 saturated carbocycles.